The van der Waals surface area contributed by atoms with Crippen molar-refractivity contribution in [1.82, 2.24) is 61.6 Å². The van der Waals surface area contributed by atoms with Crippen LogP contribution in [0.5, 0.6) is 0 Å². The van der Waals surface area contributed by atoms with Gasteiger partial charge in [-0.1, -0.05) is 107 Å². The molecule has 0 aliphatic carbocycles. The number of nitrogens with one attached hydrogen (secondary N) is 9. The molecular formula is C94H128F2N26O8. The van der Waals surface area contributed by atoms with Crippen LogP contribution in [0.3, 0.4) is 0 Å². The zero-order chi connectivity index (χ0) is 96.3. The Labute approximate surface area is 763 Å². The Hall–Kier alpha value is -13.2. The van der Waals surface area contributed by atoms with Crippen LogP contribution < -0.4 is 73.0 Å². The van der Waals surface area contributed by atoms with Crippen molar-refractivity contribution in [2.45, 2.75) is 131 Å². The summed E-state index contributed by atoms with van der Waals surface area (Å²) in [6, 6.07) is 31.6. The number of nitrogens with zero attached hydrogens (tertiary/aromatic N) is 17. The molecule has 130 heavy (non-hydrogen) atoms. The largest absolute Gasteiger partial charge is 0.367 e. The van der Waals surface area contributed by atoms with Gasteiger partial charge in [0.2, 0.25) is 11.9 Å². The van der Waals surface area contributed by atoms with Crippen LogP contribution in [0.25, 0.3) is 0 Å². The Balaban J connectivity index is 0.000000239. The molecule has 36 heteroatoms. The summed E-state index contributed by atoms with van der Waals surface area (Å²) in [5.74, 6) is 1.05. The van der Waals surface area contributed by atoms with E-state index in [1.807, 2.05) is 109 Å². The van der Waals surface area contributed by atoms with Gasteiger partial charge in [-0.05, 0) is 179 Å². The monoisotopic (exact) mass is 1790 g/mol. The molecule has 4 amide bonds. The summed E-state index contributed by atoms with van der Waals surface area (Å²) in [5.41, 5.74) is 17.8. The van der Waals surface area contributed by atoms with E-state index in [4.69, 9.17) is 29.6 Å². The summed E-state index contributed by atoms with van der Waals surface area (Å²) in [5, 5.41) is 54.8. The zero-order valence-electron chi connectivity index (χ0n) is 79.8. The van der Waals surface area contributed by atoms with E-state index in [9.17, 15) is 49.0 Å². The average Bonchev–Trinajstić information content (AvgIpc) is 1.00. The summed E-state index contributed by atoms with van der Waals surface area (Å²) >= 11 is 0. The lowest BCUT2D eigenvalue weighted by Crippen LogP contribution is -2.33. The van der Waals surface area contributed by atoms with Crippen LogP contribution in [-0.2, 0) is 19.4 Å². The number of aryl methyl sites for hydroxylation is 4. The molecular weight excluding hydrogens is 1660 g/mol. The van der Waals surface area contributed by atoms with Gasteiger partial charge in [-0.25, -0.2) is 40.7 Å². The van der Waals surface area contributed by atoms with Crippen molar-refractivity contribution >= 4 is 105 Å². The first-order chi connectivity index (χ1) is 61.2. The number of carbonyl (C=O) groups is 4. The number of carbonyl (C=O) groups excluding carboxylic acids is 4. The zero-order valence-corrected chi connectivity index (χ0v) is 79.8. The van der Waals surface area contributed by atoms with Gasteiger partial charge in [0.25, 0.3) is 23.6 Å². The molecule has 2 saturated heterocycles. The molecule has 0 saturated carbocycles. The predicted molar refractivity (Wildman–Crippen MR) is 506 cm³/mol. The van der Waals surface area contributed by atoms with Gasteiger partial charge in [-0.2, -0.15) is 41.0 Å². The number of hydrogen-bond donors (Lipinski definition) is 9. The predicted octanol–water partition coefficient (Wildman–Crippen LogP) is 14.8. The lowest BCUT2D eigenvalue weighted by atomic mass is 9.96. The number of benzene rings is 4. The van der Waals surface area contributed by atoms with Gasteiger partial charge < -0.3 is 60.9 Å². The van der Waals surface area contributed by atoms with Crippen LogP contribution in [0.15, 0.2) is 84.9 Å². The fraction of sp³-hybridized carbons (Fsp3) is 0.468. The molecule has 4 aromatic heterocycles. The maximum Gasteiger partial charge on any atom is 0.274 e. The highest BCUT2D eigenvalue weighted by atomic mass is 19.1. The van der Waals surface area contributed by atoms with E-state index >= 15 is 0 Å². The van der Waals surface area contributed by atoms with Crippen LogP contribution in [0.4, 0.5) is 90.0 Å². The van der Waals surface area contributed by atoms with E-state index in [2.05, 4.69) is 176 Å². The quantitative estimate of drug-likeness (QED) is 0.0216. The molecule has 4 aromatic carbocycles. The Morgan fingerprint density at radius 2 is 0.815 bits per heavy atom. The fourth-order valence-electron chi connectivity index (χ4n) is 13.8. The van der Waals surface area contributed by atoms with Crippen molar-refractivity contribution in [1.29, 1.82) is 21.0 Å². The third-order valence-corrected chi connectivity index (χ3v) is 20.1. The molecule has 2 aliphatic rings. The Morgan fingerprint density at radius 1 is 0.423 bits per heavy atom. The molecule has 0 atom stereocenters. The normalized spacial score (nSPS) is 13.0. The molecule has 2 aliphatic heterocycles. The van der Waals surface area contributed by atoms with Crippen LogP contribution in [0.1, 0.15) is 189 Å². The maximum atomic E-state index is 14.6. The van der Waals surface area contributed by atoms with Crippen LogP contribution in [0, 0.1) is 106 Å². The number of hydrogen-bond acceptors (Lipinski definition) is 30. The second kappa shape index (κ2) is 47.2. The molecule has 0 bridgehead atoms. The van der Waals surface area contributed by atoms with Crippen LogP contribution >= 0.6 is 0 Å². The maximum absolute atomic E-state index is 14.6. The standard InChI is InChI=1S/C27H40N8O2.C26H38N8O2.C21H26FN5O2.C20H24FN5O2/c1-8-37-32-25(36)20-11-10-19(2)22(16-20)29-23-21(17-28)24(35-13-9-12-33(6)14-15-35)31-26(30-23)34(7)18-27(3,4)5;1-18-9-10-19(24(35)31-36-7)15-21(18)28-25-29-22(33(6)17-26(2,3)4)20(16-27)23(30-25)34-12-8-11-32(5)13-14-34;1-13-7-8-14(20(28)26-29-6)10-17(13)24-18-16(22)9-15(11-23)19(25-18)27(5)12-21(2,3)4;1-12-6-7-13(19(27)26-28-5)9-16(12)24-17-14(10-22)8-15(21)18(25-17)23-11-20(2,3)4/h10-11,16H,8-9,12-15,18H2,1-7H3,(H,32,36)(H,29,30,31);9-10,15H,8,11-14,17H2,1-7H3,(H,31,35)(H,28,29,30);7-10H,12H2,1-6H3,(H,24,25)(H,26,28);6-9H,11H2,1-5H3,(H,26,27)(H2,23,24,25). The third kappa shape index (κ3) is 31.1. The number of likely N-dealkylation sites (N-methyl/N-ethyl adjacent to an activating group) is 2. The Bertz CT molecular complexity index is 5450. The highest BCUT2D eigenvalue weighted by Crippen LogP contribution is 2.37. The topological polar surface area (TPSA) is 409 Å². The fourth-order valence-corrected chi connectivity index (χ4v) is 13.8. The first-order valence-electron chi connectivity index (χ1n) is 42.8. The van der Waals surface area contributed by atoms with Gasteiger partial charge >= 0.3 is 0 Å². The number of rotatable bonds is 27. The van der Waals surface area contributed by atoms with E-state index in [0.717, 1.165) is 100 Å². The van der Waals surface area contributed by atoms with E-state index < -0.39 is 23.4 Å². The minimum atomic E-state index is -0.652. The highest BCUT2D eigenvalue weighted by Gasteiger charge is 2.30. The van der Waals surface area contributed by atoms with Gasteiger partial charge in [0, 0.05) is 132 Å². The molecule has 8 aromatic rings. The number of halogens is 2. The minimum absolute atomic E-state index is 0.00509. The third-order valence-electron chi connectivity index (χ3n) is 20.1. The second-order valence-corrected chi connectivity index (χ2v) is 36.8. The lowest BCUT2D eigenvalue weighted by Gasteiger charge is -2.30. The number of hydroxylamine groups is 4. The summed E-state index contributed by atoms with van der Waals surface area (Å²) in [6.07, 6.45) is 1.97. The van der Waals surface area contributed by atoms with Crippen molar-refractivity contribution in [3.05, 3.63) is 163 Å². The second-order valence-electron chi connectivity index (χ2n) is 36.8. The minimum Gasteiger partial charge on any atom is -0.367 e. The molecule has 34 nitrogen and oxygen atoms in total. The van der Waals surface area contributed by atoms with Crippen molar-refractivity contribution in [2.24, 2.45) is 21.7 Å². The lowest BCUT2D eigenvalue weighted by molar-refractivity contribution is 0.0364. The molecule has 0 radical (unpaired) electrons. The van der Waals surface area contributed by atoms with Crippen LogP contribution in [0.2, 0.25) is 0 Å². The highest BCUT2D eigenvalue weighted by molar-refractivity contribution is 5.97. The first kappa shape index (κ1) is 104. The summed E-state index contributed by atoms with van der Waals surface area (Å²) < 4.78 is 28.9. The SMILES string of the molecule is CCONC(=O)c1ccc(C)c(Nc2nc(N(C)CC(C)(C)C)nc(N3CCCN(C)CC3)c2C#N)c1.CONC(=O)c1ccc(C)c(Nc2nc(N(C)CC(C)(C)C)c(C#N)c(N3CCCN(C)CC3)n2)c1.CONC(=O)c1ccc(C)c(Nc2nc(N(C)CC(C)(C)C)c(C#N)cc2F)c1.CONC(=O)c1ccc(C)c(Nc2nc(NCC(C)(C)C)c(F)cc2C#N)c1. The molecule has 696 valence electrons. The number of anilines is 14. The van der Waals surface area contributed by atoms with Crippen molar-refractivity contribution in [3.63, 3.8) is 0 Å². The number of nitriles is 4. The molecule has 6 heterocycles. The number of amides is 4. The average molecular weight is 1790 g/mol. The van der Waals surface area contributed by atoms with Crippen molar-refractivity contribution in [3.8, 4) is 24.3 Å². The summed E-state index contributed by atoms with van der Waals surface area (Å²) in [4.78, 5) is 111. The van der Waals surface area contributed by atoms with Gasteiger partial charge in [0.1, 0.15) is 41.2 Å². The van der Waals surface area contributed by atoms with Crippen LogP contribution in [-0.4, -0.2) is 205 Å². The van der Waals surface area contributed by atoms with E-state index in [1.54, 1.807) is 67.6 Å². The smallest absolute Gasteiger partial charge is 0.274 e. The molecule has 0 unspecified atom stereocenters. The molecule has 2 fully saturated rings. The molecule has 10 rings (SSSR count). The molecule has 0 spiro atoms. The summed E-state index contributed by atoms with van der Waals surface area (Å²) in [7, 11) is 14.1. The van der Waals surface area contributed by atoms with Crippen molar-refractivity contribution in [2.75, 3.05) is 193 Å². The van der Waals surface area contributed by atoms with Gasteiger partial charge in [0.15, 0.2) is 52.4 Å². The number of pyridine rings is 2. The van der Waals surface area contributed by atoms with Gasteiger partial charge in [0.05, 0.1) is 39.1 Å². The van der Waals surface area contributed by atoms with E-state index in [0.29, 0.717) is 123 Å². The van der Waals surface area contributed by atoms with Gasteiger partial charge in [-0.3, -0.25) is 38.5 Å². The molecule has 9 N–H and O–H groups in total. The van der Waals surface area contributed by atoms with Gasteiger partial charge in [-0.15, -0.1) is 0 Å². The number of aromatic nitrogens is 6. The van der Waals surface area contributed by atoms with Crippen molar-refractivity contribution < 1.29 is 47.3 Å². The van der Waals surface area contributed by atoms with E-state index in [-0.39, 0.29) is 62.1 Å². The Kier molecular flexibility index (Phi) is 37.7. The first-order valence-corrected chi connectivity index (χ1v) is 42.8. The Morgan fingerprint density at radius 3 is 1.23 bits per heavy atom. The summed E-state index contributed by atoms with van der Waals surface area (Å²) in [6.45, 7) is 44.5. The van der Waals surface area contributed by atoms with E-state index in [1.165, 1.54) is 27.4 Å².